The summed E-state index contributed by atoms with van der Waals surface area (Å²) in [4.78, 5) is 24.5. The van der Waals surface area contributed by atoms with Gasteiger partial charge in [-0.3, -0.25) is 9.69 Å². The van der Waals surface area contributed by atoms with Gasteiger partial charge in [0.15, 0.2) is 0 Å². The normalized spacial score (nSPS) is 19.6. The summed E-state index contributed by atoms with van der Waals surface area (Å²) in [5, 5.41) is 11.4. The van der Waals surface area contributed by atoms with E-state index in [9.17, 15) is 9.59 Å². The van der Waals surface area contributed by atoms with Gasteiger partial charge in [0.2, 0.25) is 0 Å². The Morgan fingerprint density at radius 1 is 1.29 bits per heavy atom. The number of urea groups is 1. The number of hydrogen-bond acceptors (Lipinski definition) is 3. The van der Waals surface area contributed by atoms with Gasteiger partial charge in [-0.1, -0.05) is 29.8 Å². The maximum Gasteiger partial charge on any atom is 0.325 e. The van der Waals surface area contributed by atoms with Crippen molar-refractivity contribution in [1.82, 2.24) is 10.2 Å². The van der Waals surface area contributed by atoms with E-state index < -0.39 is 12.1 Å². The number of aliphatic hydroxyl groups excluding tert-OH is 1. The van der Waals surface area contributed by atoms with Crippen LogP contribution in [0.15, 0.2) is 24.3 Å². The second-order valence-electron chi connectivity index (χ2n) is 4.01. The Kier molecular flexibility index (Phi) is 3.10. The van der Waals surface area contributed by atoms with Crippen LogP contribution >= 0.6 is 0 Å². The molecule has 0 spiro atoms. The second-order valence-corrected chi connectivity index (χ2v) is 4.01. The van der Waals surface area contributed by atoms with Gasteiger partial charge < -0.3 is 10.4 Å². The van der Waals surface area contributed by atoms with Crippen LogP contribution < -0.4 is 5.32 Å². The first kappa shape index (κ1) is 11.6. The molecular formula is C12H14N2O3. The average Bonchev–Trinajstić information content (AvgIpc) is 2.59. The third-order valence-electron chi connectivity index (χ3n) is 2.76. The first-order chi connectivity index (χ1) is 8.13. The van der Waals surface area contributed by atoms with Crippen molar-refractivity contribution in [2.45, 2.75) is 13.0 Å². The van der Waals surface area contributed by atoms with Gasteiger partial charge in [-0.25, -0.2) is 4.79 Å². The molecule has 17 heavy (non-hydrogen) atoms. The number of benzene rings is 1. The molecule has 1 fully saturated rings. The average molecular weight is 234 g/mol. The van der Waals surface area contributed by atoms with E-state index in [4.69, 9.17) is 5.11 Å². The van der Waals surface area contributed by atoms with Crippen molar-refractivity contribution in [2.24, 2.45) is 0 Å². The molecule has 1 saturated heterocycles. The number of carbonyl (C=O) groups excluding carboxylic acids is 2. The fourth-order valence-electron chi connectivity index (χ4n) is 1.82. The lowest BCUT2D eigenvalue weighted by molar-refractivity contribution is -0.127. The summed E-state index contributed by atoms with van der Waals surface area (Å²) in [6, 6.07) is 6.35. The molecular weight excluding hydrogens is 220 g/mol. The Balaban J connectivity index is 2.21. The van der Waals surface area contributed by atoms with Gasteiger partial charge in [0.25, 0.3) is 5.91 Å². The zero-order valence-corrected chi connectivity index (χ0v) is 9.51. The van der Waals surface area contributed by atoms with Gasteiger partial charge >= 0.3 is 6.03 Å². The number of imide groups is 1. The quantitative estimate of drug-likeness (QED) is 0.752. The van der Waals surface area contributed by atoms with E-state index in [-0.39, 0.29) is 19.1 Å². The molecule has 3 amide bonds. The summed E-state index contributed by atoms with van der Waals surface area (Å²) in [6.07, 6.45) is 0. The van der Waals surface area contributed by atoms with Crippen LogP contribution in [-0.2, 0) is 4.79 Å². The maximum atomic E-state index is 11.9. The zero-order chi connectivity index (χ0) is 12.4. The van der Waals surface area contributed by atoms with Gasteiger partial charge in [-0.05, 0) is 12.5 Å². The van der Waals surface area contributed by atoms with E-state index in [2.05, 4.69) is 5.32 Å². The van der Waals surface area contributed by atoms with Crippen LogP contribution in [0.25, 0.3) is 0 Å². The predicted molar refractivity (Wildman–Crippen MR) is 61.3 cm³/mol. The Labute approximate surface area is 99.0 Å². The Morgan fingerprint density at radius 2 is 1.94 bits per heavy atom. The molecule has 5 heteroatoms. The predicted octanol–water partition coefficient (Wildman–Crippen LogP) is 0.580. The minimum absolute atomic E-state index is 0.0348. The molecule has 0 aromatic heterocycles. The molecule has 1 aliphatic rings. The smallest absolute Gasteiger partial charge is 0.325 e. The molecule has 0 radical (unpaired) electrons. The molecule has 1 aromatic rings. The van der Waals surface area contributed by atoms with E-state index in [0.717, 1.165) is 16.0 Å². The molecule has 0 aliphatic carbocycles. The van der Waals surface area contributed by atoms with Gasteiger partial charge in [0, 0.05) is 0 Å². The zero-order valence-electron chi connectivity index (χ0n) is 9.51. The monoisotopic (exact) mass is 234 g/mol. The van der Waals surface area contributed by atoms with Crippen molar-refractivity contribution in [1.29, 1.82) is 0 Å². The number of carbonyl (C=O) groups is 2. The molecule has 1 aliphatic heterocycles. The molecule has 0 bridgehead atoms. The maximum absolute atomic E-state index is 11.9. The molecule has 5 nitrogen and oxygen atoms in total. The molecule has 0 saturated carbocycles. The highest BCUT2D eigenvalue weighted by atomic mass is 16.3. The van der Waals surface area contributed by atoms with Gasteiger partial charge in [0.1, 0.15) is 6.04 Å². The summed E-state index contributed by atoms with van der Waals surface area (Å²) in [5.74, 6) is -0.312. The standard InChI is InChI=1S/C12H14N2O3/c1-8-2-4-9(5-3-8)10-11(16)14(6-7-15)12(17)13-10/h2-5,10,15H,6-7H2,1H3,(H,13,17). The highest BCUT2D eigenvalue weighted by molar-refractivity contribution is 6.04. The minimum Gasteiger partial charge on any atom is -0.395 e. The van der Waals surface area contributed by atoms with E-state index in [0.29, 0.717) is 0 Å². The lowest BCUT2D eigenvalue weighted by Gasteiger charge is -2.11. The summed E-state index contributed by atoms with van der Waals surface area (Å²) in [6.45, 7) is 1.77. The number of aryl methyl sites for hydroxylation is 1. The first-order valence-corrected chi connectivity index (χ1v) is 5.43. The highest BCUT2D eigenvalue weighted by Crippen LogP contribution is 2.21. The van der Waals surface area contributed by atoms with Crippen LogP contribution in [-0.4, -0.2) is 35.1 Å². The number of hydrogen-bond donors (Lipinski definition) is 2. The second kappa shape index (κ2) is 4.55. The van der Waals surface area contributed by atoms with Gasteiger partial charge in [-0.15, -0.1) is 0 Å². The molecule has 1 heterocycles. The molecule has 1 unspecified atom stereocenters. The van der Waals surface area contributed by atoms with Crippen LogP contribution in [0.1, 0.15) is 17.2 Å². The summed E-state index contributed by atoms with van der Waals surface area (Å²) >= 11 is 0. The Bertz CT molecular complexity index is 442. The third kappa shape index (κ3) is 2.14. The first-order valence-electron chi connectivity index (χ1n) is 5.43. The van der Waals surface area contributed by atoms with Crippen molar-refractivity contribution in [2.75, 3.05) is 13.2 Å². The van der Waals surface area contributed by atoms with Crippen LogP contribution in [0.5, 0.6) is 0 Å². The Morgan fingerprint density at radius 3 is 2.53 bits per heavy atom. The van der Waals surface area contributed by atoms with Crippen molar-refractivity contribution >= 4 is 11.9 Å². The molecule has 90 valence electrons. The van der Waals surface area contributed by atoms with Crippen molar-refractivity contribution < 1.29 is 14.7 Å². The summed E-state index contributed by atoms with van der Waals surface area (Å²) in [5.41, 5.74) is 1.85. The molecule has 1 aromatic carbocycles. The van der Waals surface area contributed by atoms with Crippen molar-refractivity contribution in [3.8, 4) is 0 Å². The fourth-order valence-corrected chi connectivity index (χ4v) is 1.82. The highest BCUT2D eigenvalue weighted by Gasteiger charge is 2.38. The van der Waals surface area contributed by atoms with Gasteiger partial charge in [0.05, 0.1) is 13.2 Å². The van der Waals surface area contributed by atoms with E-state index in [1.54, 1.807) is 0 Å². The largest absolute Gasteiger partial charge is 0.395 e. The van der Waals surface area contributed by atoms with Crippen molar-refractivity contribution in [3.63, 3.8) is 0 Å². The van der Waals surface area contributed by atoms with E-state index in [1.165, 1.54) is 0 Å². The number of nitrogens with one attached hydrogen (secondary N) is 1. The SMILES string of the molecule is Cc1ccc(C2NC(=O)N(CCO)C2=O)cc1. The van der Waals surface area contributed by atoms with Gasteiger partial charge in [-0.2, -0.15) is 0 Å². The molecule has 1 atom stereocenters. The number of aliphatic hydroxyl groups is 1. The third-order valence-corrected chi connectivity index (χ3v) is 2.76. The van der Waals surface area contributed by atoms with Crippen LogP contribution in [0.4, 0.5) is 4.79 Å². The number of rotatable bonds is 3. The number of amides is 3. The molecule has 2 rings (SSSR count). The van der Waals surface area contributed by atoms with E-state index >= 15 is 0 Å². The van der Waals surface area contributed by atoms with E-state index in [1.807, 2.05) is 31.2 Å². The van der Waals surface area contributed by atoms with Crippen LogP contribution in [0, 0.1) is 6.92 Å². The summed E-state index contributed by atoms with van der Waals surface area (Å²) < 4.78 is 0. The fraction of sp³-hybridized carbons (Fsp3) is 0.333. The summed E-state index contributed by atoms with van der Waals surface area (Å²) in [7, 11) is 0. The number of nitrogens with zero attached hydrogens (tertiary/aromatic N) is 1. The van der Waals surface area contributed by atoms with Crippen LogP contribution in [0.2, 0.25) is 0 Å². The lowest BCUT2D eigenvalue weighted by atomic mass is 10.1. The van der Waals surface area contributed by atoms with Crippen LogP contribution in [0.3, 0.4) is 0 Å². The van der Waals surface area contributed by atoms with Crippen molar-refractivity contribution in [3.05, 3.63) is 35.4 Å². The molecule has 2 N–H and O–H groups in total. The number of β-amino-alcohol motifs (C(OH)–C–C–N with tert-alkyl or cyclic N) is 1. The minimum atomic E-state index is -0.630. The lowest BCUT2D eigenvalue weighted by Crippen LogP contribution is -2.33. The topological polar surface area (TPSA) is 69.6 Å². The Hall–Kier alpha value is -1.88.